The van der Waals surface area contributed by atoms with Crippen molar-refractivity contribution in [1.82, 2.24) is 9.97 Å². The molecule has 7 heteroatoms. The van der Waals surface area contributed by atoms with Gasteiger partial charge in [-0.15, -0.1) is 0 Å². The van der Waals surface area contributed by atoms with E-state index in [-0.39, 0.29) is 5.78 Å². The fourth-order valence-corrected chi connectivity index (χ4v) is 2.75. The van der Waals surface area contributed by atoms with Crippen LogP contribution >= 0.6 is 0 Å². The molecule has 0 atom stereocenters. The van der Waals surface area contributed by atoms with Crippen molar-refractivity contribution in [1.29, 1.82) is 0 Å². The lowest BCUT2D eigenvalue weighted by atomic mass is 10.1. The lowest BCUT2D eigenvalue weighted by molar-refractivity contribution is 0.101. The number of nitrogens with one attached hydrogen (secondary N) is 1. The standard InChI is InChI=1S/C21H21N3O4/c1-13(25)14-6-5-7-15(10-14)21-22-9-8-19(24-21)23-16-11-17(26-2)20(28-4)18(12-16)27-3/h5-12H,1-4H3,(H,22,23,24). The summed E-state index contributed by atoms with van der Waals surface area (Å²) in [5, 5.41) is 3.22. The van der Waals surface area contributed by atoms with E-state index >= 15 is 0 Å². The fourth-order valence-electron chi connectivity index (χ4n) is 2.75. The smallest absolute Gasteiger partial charge is 0.203 e. The third-order valence-electron chi connectivity index (χ3n) is 4.12. The average Bonchev–Trinajstić information content (AvgIpc) is 2.73. The number of hydrogen-bond acceptors (Lipinski definition) is 7. The van der Waals surface area contributed by atoms with E-state index in [9.17, 15) is 4.79 Å². The predicted octanol–water partition coefficient (Wildman–Crippen LogP) is 4.12. The van der Waals surface area contributed by atoms with Gasteiger partial charge in [-0.05, 0) is 19.1 Å². The molecule has 1 heterocycles. The lowest BCUT2D eigenvalue weighted by Crippen LogP contribution is -2.00. The molecule has 0 radical (unpaired) electrons. The molecule has 0 bridgehead atoms. The fraction of sp³-hybridized carbons (Fsp3) is 0.190. The number of nitrogens with zero attached hydrogens (tertiary/aromatic N) is 2. The topological polar surface area (TPSA) is 82.6 Å². The monoisotopic (exact) mass is 379 g/mol. The van der Waals surface area contributed by atoms with Crippen LogP contribution in [0.25, 0.3) is 11.4 Å². The third kappa shape index (κ3) is 4.03. The molecule has 0 saturated carbocycles. The van der Waals surface area contributed by atoms with Crippen LogP contribution in [0.2, 0.25) is 0 Å². The number of ether oxygens (including phenoxy) is 3. The molecule has 0 unspecified atom stereocenters. The molecule has 3 rings (SSSR count). The number of ketones is 1. The number of carbonyl (C=O) groups is 1. The van der Waals surface area contributed by atoms with Crippen molar-refractivity contribution < 1.29 is 19.0 Å². The highest BCUT2D eigenvalue weighted by atomic mass is 16.5. The molecule has 0 spiro atoms. The summed E-state index contributed by atoms with van der Waals surface area (Å²) in [4.78, 5) is 20.5. The van der Waals surface area contributed by atoms with E-state index in [0.29, 0.717) is 34.5 Å². The van der Waals surface area contributed by atoms with Gasteiger partial charge < -0.3 is 19.5 Å². The maximum absolute atomic E-state index is 11.6. The van der Waals surface area contributed by atoms with Crippen LogP contribution in [-0.4, -0.2) is 37.1 Å². The zero-order chi connectivity index (χ0) is 20.1. The van der Waals surface area contributed by atoms with Crippen molar-refractivity contribution >= 4 is 17.3 Å². The zero-order valence-corrected chi connectivity index (χ0v) is 16.1. The number of carbonyl (C=O) groups excluding carboxylic acids is 1. The highest BCUT2D eigenvalue weighted by Gasteiger charge is 2.14. The van der Waals surface area contributed by atoms with Crippen LogP contribution in [-0.2, 0) is 0 Å². The van der Waals surface area contributed by atoms with E-state index in [4.69, 9.17) is 14.2 Å². The number of benzene rings is 2. The number of Topliss-reactive ketones (excluding diaryl/α,β-unsaturated/α-hetero) is 1. The van der Waals surface area contributed by atoms with Crippen molar-refractivity contribution in [2.75, 3.05) is 26.6 Å². The molecule has 0 aliphatic rings. The molecular weight excluding hydrogens is 358 g/mol. The predicted molar refractivity (Wildman–Crippen MR) is 107 cm³/mol. The summed E-state index contributed by atoms with van der Waals surface area (Å²) < 4.78 is 16.1. The molecule has 7 nitrogen and oxygen atoms in total. The van der Waals surface area contributed by atoms with Gasteiger partial charge in [0.05, 0.1) is 21.3 Å². The van der Waals surface area contributed by atoms with Crippen LogP contribution in [0.5, 0.6) is 17.2 Å². The number of aromatic nitrogens is 2. The SMILES string of the molecule is COc1cc(Nc2ccnc(-c3cccc(C(C)=O)c3)n2)cc(OC)c1OC. The molecule has 1 aromatic heterocycles. The van der Waals surface area contributed by atoms with Crippen LogP contribution in [0.3, 0.4) is 0 Å². The summed E-state index contributed by atoms with van der Waals surface area (Å²) >= 11 is 0. The molecule has 28 heavy (non-hydrogen) atoms. The Bertz CT molecular complexity index is 979. The van der Waals surface area contributed by atoms with Gasteiger partial charge in [0.15, 0.2) is 23.1 Å². The molecule has 0 saturated heterocycles. The minimum atomic E-state index is -0.00597. The third-order valence-corrected chi connectivity index (χ3v) is 4.12. The van der Waals surface area contributed by atoms with Gasteiger partial charge in [0, 0.05) is 35.1 Å². The first-order valence-electron chi connectivity index (χ1n) is 8.57. The Labute approximate surface area is 163 Å². The Hall–Kier alpha value is -3.61. The summed E-state index contributed by atoms with van der Waals surface area (Å²) in [7, 11) is 4.68. The van der Waals surface area contributed by atoms with Gasteiger partial charge in [-0.25, -0.2) is 9.97 Å². The zero-order valence-electron chi connectivity index (χ0n) is 16.1. The number of anilines is 2. The summed E-state index contributed by atoms with van der Waals surface area (Å²) in [5.74, 6) is 2.68. The van der Waals surface area contributed by atoms with E-state index in [2.05, 4.69) is 15.3 Å². The number of hydrogen-bond donors (Lipinski definition) is 1. The molecule has 0 aliphatic carbocycles. The molecule has 0 amide bonds. The molecular formula is C21H21N3O4. The number of rotatable bonds is 7. The van der Waals surface area contributed by atoms with E-state index in [1.165, 1.54) is 6.92 Å². The van der Waals surface area contributed by atoms with Gasteiger partial charge in [0.2, 0.25) is 5.75 Å². The Morgan fingerprint density at radius 2 is 1.68 bits per heavy atom. The minimum Gasteiger partial charge on any atom is -0.493 e. The van der Waals surface area contributed by atoms with Gasteiger partial charge in [-0.2, -0.15) is 0 Å². The first kappa shape index (κ1) is 19.2. The first-order chi connectivity index (χ1) is 13.5. The van der Waals surface area contributed by atoms with Gasteiger partial charge in [0.25, 0.3) is 0 Å². The largest absolute Gasteiger partial charge is 0.493 e. The van der Waals surface area contributed by atoms with Crippen molar-refractivity contribution in [2.45, 2.75) is 6.92 Å². The van der Waals surface area contributed by atoms with Crippen LogP contribution in [0, 0.1) is 0 Å². The van der Waals surface area contributed by atoms with Crippen molar-refractivity contribution in [3.63, 3.8) is 0 Å². The van der Waals surface area contributed by atoms with E-state index in [1.807, 2.05) is 12.1 Å². The Kier molecular flexibility index (Phi) is 5.74. The van der Waals surface area contributed by atoms with Gasteiger partial charge in [-0.1, -0.05) is 18.2 Å². The molecule has 3 aromatic rings. The summed E-state index contributed by atoms with van der Waals surface area (Å²) in [6.07, 6.45) is 1.66. The summed E-state index contributed by atoms with van der Waals surface area (Å²) in [5.41, 5.74) is 2.10. The van der Waals surface area contributed by atoms with Crippen molar-refractivity contribution in [3.05, 3.63) is 54.2 Å². The lowest BCUT2D eigenvalue weighted by Gasteiger charge is -2.15. The second kappa shape index (κ2) is 8.39. The molecule has 0 fully saturated rings. The van der Waals surface area contributed by atoms with Crippen molar-refractivity contribution in [3.8, 4) is 28.6 Å². The van der Waals surface area contributed by atoms with Crippen LogP contribution in [0.15, 0.2) is 48.7 Å². The van der Waals surface area contributed by atoms with Gasteiger partial charge in [0.1, 0.15) is 5.82 Å². The second-order valence-electron chi connectivity index (χ2n) is 5.94. The van der Waals surface area contributed by atoms with Gasteiger partial charge >= 0.3 is 0 Å². The Balaban J connectivity index is 1.93. The maximum atomic E-state index is 11.6. The van der Waals surface area contributed by atoms with Crippen LogP contribution < -0.4 is 19.5 Å². The molecule has 144 valence electrons. The van der Waals surface area contributed by atoms with Crippen molar-refractivity contribution in [2.24, 2.45) is 0 Å². The Morgan fingerprint density at radius 3 is 2.29 bits per heavy atom. The van der Waals surface area contributed by atoms with E-state index in [1.54, 1.807) is 57.9 Å². The Morgan fingerprint density at radius 1 is 0.964 bits per heavy atom. The van der Waals surface area contributed by atoms with E-state index < -0.39 is 0 Å². The second-order valence-corrected chi connectivity index (χ2v) is 5.94. The van der Waals surface area contributed by atoms with Crippen LogP contribution in [0.4, 0.5) is 11.5 Å². The summed E-state index contributed by atoms with van der Waals surface area (Å²) in [6, 6.07) is 12.6. The first-order valence-corrected chi connectivity index (χ1v) is 8.57. The molecule has 0 aliphatic heterocycles. The highest BCUT2D eigenvalue weighted by Crippen LogP contribution is 2.40. The minimum absolute atomic E-state index is 0.00597. The normalized spacial score (nSPS) is 10.3. The highest BCUT2D eigenvalue weighted by molar-refractivity contribution is 5.95. The molecule has 2 aromatic carbocycles. The summed E-state index contributed by atoms with van der Waals surface area (Å²) in [6.45, 7) is 1.53. The molecule has 1 N–H and O–H groups in total. The average molecular weight is 379 g/mol. The van der Waals surface area contributed by atoms with Crippen LogP contribution in [0.1, 0.15) is 17.3 Å². The van der Waals surface area contributed by atoms with Gasteiger partial charge in [-0.3, -0.25) is 4.79 Å². The quantitative estimate of drug-likeness (QED) is 0.618. The van der Waals surface area contributed by atoms with E-state index in [0.717, 1.165) is 11.3 Å². The number of methoxy groups -OCH3 is 3. The maximum Gasteiger partial charge on any atom is 0.203 e.